The van der Waals surface area contributed by atoms with Gasteiger partial charge in [-0.3, -0.25) is 4.79 Å². The SMILES string of the molecule is CCNCC1CCN(C(=O)c2ccc(O)cc2C)CC1. The zero-order valence-corrected chi connectivity index (χ0v) is 12.4. The molecule has 1 amide bonds. The number of nitrogens with one attached hydrogen (secondary N) is 1. The number of phenols is 1. The Morgan fingerprint density at radius 2 is 2.10 bits per heavy atom. The number of aromatic hydroxyl groups is 1. The van der Waals surface area contributed by atoms with Crippen molar-refractivity contribution in [2.75, 3.05) is 26.2 Å². The molecular formula is C16H24N2O2. The Balaban J connectivity index is 1.94. The van der Waals surface area contributed by atoms with Crippen LogP contribution in [0.1, 0.15) is 35.7 Å². The molecule has 1 aromatic rings. The van der Waals surface area contributed by atoms with Crippen LogP contribution in [0.25, 0.3) is 0 Å². The van der Waals surface area contributed by atoms with Crippen molar-refractivity contribution in [2.24, 2.45) is 5.92 Å². The molecule has 20 heavy (non-hydrogen) atoms. The summed E-state index contributed by atoms with van der Waals surface area (Å²) >= 11 is 0. The lowest BCUT2D eigenvalue weighted by Crippen LogP contribution is -2.41. The highest BCUT2D eigenvalue weighted by molar-refractivity contribution is 5.95. The Morgan fingerprint density at radius 1 is 1.40 bits per heavy atom. The molecule has 0 spiro atoms. The van der Waals surface area contributed by atoms with Gasteiger partial charge in [0.2, 0.25) is 0 Å². The van der Waals surface area contributed by atoms with Crippen molar-refractivity contribution < 1.29 is 9.90 Å². The van der Waals surface area contributed by atoms with Gasteiger partial charge in [-0.2, -0.15) is 0 Å². The van der Waals surface area contributed by atoms with E-state index in [0.717, 1.165) is 44.6 Å². The molecule has 2 rings (SSSR count). The van der Waals surface area contributed by atoms with E-state index in [4.69, 9.17) is 0 Å². The molecule has 1 fully saturated rings. The van der Waals surface area contributed by atoms with Crippen LogP contribution < -0.4 is 5.32 Å². The third kappa shape index (κ3) is 3.51. The number of nitrogens with zero attached hydrogens (tertiary/aromatic N) is 1. The van der Waals surface area contributed by atoms with E-state index in [1.807, 2.05) is 11.8 Å². The molecule has 1 heterocycles. The molecule has 0 aliphatic carbocycles. The van der Waals surface area contributed by atoms with Gasteiger partial charge in [0.15, 0.2) is 0 Å². The molecule has 2 N–H and O–H groups in total. The summed E-state index contributed by atoms with van der Waals surface area (Å²) in [5, 5.41) is 12.8. The number of piperidine rings is 1. The van der Waals surface area contributed by atoms with Crippen molar-refractivity contribution in [1.29, 1.82) is 0 Å². The number of benzene rings is 1. The topological polar surface area (TPSA) is 52.6 Å². The van der Waals surface area contributed by atoms with Crippen LogP contribution in [-0.2, 0) is 0 Å². The molecule has 0 unspecified atom stereocenters. The number of carbonyl (C=O) groups excluding carboxylic acids is 1. The molecule has 110 valence electrons. The number of hydrogen-bond acceptors (Lipinski definition) is 3. The van der Waals surface area contributed by atoms with Crippen LogP contribution in [0.4, 0.5) is 0 Å². The maximum Gasteiger partial charge on any atom is 0.254 e. The zero-order chi connectivity index (χ0) is 14.5. The Hall–Kier alpha value is -1.55. The average Bonchev–Trinajstić information content (AvgIpc) is 2.45. The van der Waals surface area contributed by atoms with E-state index in [-0.39, 0.29) is 11.7 Å². The van der Waals surface area contributed by atoms with Crippen molar-refractivity contribution in [3.63, 3.8) is 0 Å². The second kappa shape index (κ2) is 6.75. The maximum absolute atomic E-state index is 12.5. The highest BCUT2D eigenvalue weighted by Crippen LogP contribution is 2.21. The van der Waals surface area contributed by atoms with Crippen molar-refractivity contribution in [1.82, 2.24) is 10.2 Å². The summed E-state index contributed by atoms with van der Waals surface area (Å²) in [5.41, 5.74) is 1.54. The Morgan fingerprint density at radius 3 is 2.70 bits per heavy atom. The summed E-state index contributed by atoms with van der Waals surface area (Å²) in [6.45, 7) is 7.70. The number of carbonyl (C=O) groups is 1. The van der Waals surface area contributed by atoms with Crippen LogP contribution in [0.15, 0.2) is 18.2 Å². The van der Waals surface area contributed by atoms with Crippen LogP contribution in [0, 0.1) is 12.8 Å². The van der Waals surface area contributed by atoms with Gasteiger partial charge < -0.3 is 15.3 Å². The number of amides is 1. The summed E-state index contributed by atoms with van der Waals surface area (Å²) in [4.78, 5) is 14.4. The number of hydrogen-bond donors (Lipinski definition) is 2. The molecule has 1 saturated heterocycles. The first-order chi connectivity index (χ1) is 9.61. The Kier molecular flexibility index (Phi) is 5.01. The fraction of sp³-hybridized carbons (Fsp3) is 0.562. The summed E-state index contributed by atoms with van der Waals surface area (Å²) in [6.07, 6.45) is 2.13. The minimum absolute atomic E-state index is 0.0874. The lowest BCUT2D eigenvalue weighted by atomic mass is 9.96. The molecular weight excluding hydrogens is 252 g/mol. The van der Waals surface area contributed by atoms with Gasteiger partial charge in [-0.1, -0.05) is 6.92 Å². The van der Waals surface area contributed by atoms with Crippen molar-refractivity contribution in [3.8, 4) is 5.75 Å². The molecule has 4 heteroatoms. The number of phenolic OH excluding ortho intramolecular Hbond substituents is 1. The van der Waals surface area contributed by atoms with Crippen LogP contribution in [-0.4, -0.2) is 42.1 Å². The highest BCUT2D eigenvalue weighted by atomic mass is 16.3. The smallest absolute Gasteiger partial charge is 0.254 e. The fourth-order valence-electron chi connectivity index (χ4n) is 2.75. The third-order valence-electron chi connectivity index (χ3n) is 4.03. The normalized spacial score (nSPS) is 16.4. The Labute approximate surface area is 120 Å². The van der Waals surface area contributed by atoms with E-state index in [0.29, 0.717) is 11.5 Å². The molecule has 1 aliphatic heterocycles. The molecule has 0 radical (unpaired) electrons. The van der Waals surface area contributed by atoms with Crippen LogP contribution in [0.2, 0.25) is 0 Å². The van der Waals surface area contributed by atoms with Gasteiger partial charge in [-0.15, -0.1) is 0 Å². The van der Waals surface area contributed by atoms with Crippen LogP contribution in [0.3, 0.4) is 0 Å². The first-order valence-corrected chi connectivity index (χ1v) is 7.41. The van der Waals surface area contributed by atoms with E-state index in [1.165, 1.54) is 0 Å². The van der Waals surface area contributed by atoms with Crippen molar-refractivity contribution >= 4 is 5.91 Å². The summed E-state index contributed by atoms with van der Waals surface area (Å²) in [6, 6.07) is 4.95. The maximum atomic E-state index is 12.5. The number of rotatable bonds is 4. The molecule has 1 aliphatic rings. The predicted octanol–water partition coefficient (Wildman–Crippen LogP) is 2.16. The van der Waals surface area contributed by atoms with Crippen molar-refractivity contribution in [3.05, 3.63) is 29.3 Å². The van der Waals surface area contributed by atoms with Crippen LogP contribution in [0.5, 0.6) is 5.75 Å². The lowest BCUT2D eigenvalue weighted by Gasteiger charge is -2.32. The summed E-state index contributed by atoms with van der Waals surface area (Å²) in [7, 11) is 0. The van der Waals surface area contributed by atoms with Gasteiger partial charge in [0.05, 0.1) is 0 Å². The van der Waals surface area contributed by atoms with E-state index < -0.39 is 0 Å². The van der Waals surface area contributed by atoms with Gasteiger partial charge in [0.25, 0.3) is 5.91 Å². The predicted molar refractivity (Wildman–Crippen MR) is 80.0 cm³/mol. The lowest BCUT2D eigenvalue weighted by molar-refractivity contribution is 0.0689. The minimum atomic E-state index is 0.0874. The van der Waals surface area contributed by atoms with E-state index in [9.17, 15) is 9.90 Å². The average molecular weight is 276 g/mol. The van der Waals surface area contributed by atoms with Gasteiger partial charge in [-0.25, -0.2) is 0 Å². The first-order valence-electron chi connectivity index (χ1n) is 7.41. The molecule has 0 saturated carbocycles. The van der Waals surface area contributed by atoms with Gasteiger partial charge >= 0.3 is 0 Å². The highest BCUT2D eigenvalue weighted by Gasteiger charge is 2.24. The van der Waals surface area contributed by atoms with Crippen LogP contribution >= 0.6 is 0 Å². The quantitative estimate of drug-likeness (QED) is 0.886. The van der Waals surface area contributed by atoms with Gasteiger partial charge in [-0.05, 0) is 62.5 Å². The largest absolute Gasteiger partial charge is 0.508 e. The Bertz CT molecular complexity index is 466. The van der Waals surface area contributed by atoms with Crippen molar-refractivity contribution in [2.45, 2.75) is 26.7 Å². The zero-order valence-electron chi connectivity index (χ0n) is 12.4. The first kappa shape index (κ1) is 14.9. The van der Waals surface area contributed by atoms with Gasteiger partial charge in [0, 0.05) is 18.7 Å². The molecule has 1 aromatic carbocycles. The van der Waals surface area contributed by atoms with E-state index in [2.05, 4.69) is 12.2 Å². The van der Waals surface area contributed by atoms with E-state index >= 15 is 0 Å². The number of likely N-dealkylation sites (tertiary alicyclic amines) is 1. The molecule has 4 nitrogen and oxygen atoms in total. The third-order valence-corrected chi connectivity index (χ3v) is 4.03. The number of aryl methyl sites for hydroxylation is 1. The summed E-state index contributed by atoms with van der Waals surface area (Å²) in [5.74, 6) is 0.979. The minimum Gasteiger partial charge on any atom is -0.508 e. The molecule has 0 bridgehead atoms. The molecule has 0 atom stereocenters. The second-order valence-corrected chi connectivity index (χ2v) is 5.54. The van der Waals surface area contributed by atoms with E-state index in [1.54, 1.807) is 18.2 Å². The monoisotopic (exact) mass is 276 g/mol. The summed E-state index contributed by atoms with van der Waals surface area (Å²) < 4.78 is 0. The second-order valence-electron chi connectivity index (χ2n) is 5.54. The molecule has 0 aromatic heterocycles. The van der Waals surface area contributed by atoms with Gasteiger partial charge in [0.1, 0.15) is 5.75 Å². The fourth-order valence-corrected chi connectivity index (χ4v) is 2.75. The standard InChI is InChI=1S/C16H24N2O2/c1-3-17-11-13-6-8-18(9-7-13)16(20)15-5-4-14(19)10-12(15)2/h4-5,10,13,17,19H,3,6-9,11H2,1-2H3.